The number of para-hydroxylation sites is 1. The van der Waals surface area contributed by atoms with Gasteiger partial charge in [-0.2, -0.15) is 0 Å². The molecule has 0 aromatic heterocycles. The van der Waals surface area contributed by atoms with Gasteiger partial charge in [0.2, 0.25) is 0 Å². The largest absolute Gasteiger partial charge is 0.310 e. The lowest BCUT2D eigenvalue weighted by molar-refractivity contribution is 0.645. The Bertz CT molecular complexity index is 2780. The number of benzene rings is 9. The van der Waals surface area contributed by atoms with Crippen molar-refractivity contribution in [2.75, 3.05) is 4.90 Å². The van der Waals surface area contributed by atoms with Crippen LogP contribution in [0.4, 0.5) is 17.1 Å². The molecule has 9 aromatic carbocycles. The van der Waals surface area contributed by atoms with Crippen LogP contribution in [0, 0.1) is 0 Å². The molecule has 0 N–H and O–H groups in total. The smallest absolute Gasteiger partial charge is 0.0546 e. The van der Waals surface area contributed by atoms with Crippen LogP contribution in [-0.2, 0) is 5.41 Å². The highest BCUT2D eigenvalue weighted by Gasteiger charge is 2.36. The second-order valence-electron chi connectivity index (χ2n) is 15.4. The van der Waals surface area contributed by atoms with Gasteiger partial charge in [-0.05, 0) is 127 Å². The molecule has 0 heterocycles. The van der Waals surface area contributed by atoms with Crippen molar-refractivity contribution in [3.8, 4) is 55.6 Å². The summed E-state index contributed by atoms with van der Waals surface area (Å²) in [5.41, 5.74) is 18.2. The Morgan fingerprint density at radius 3 is 1.41 bits per heavy atom. The monoisotopic (exact) mass is 715 g/mol. The Balaban J connectivity index is 1.18. The fourth-order valence-corrected chi connectivity index (χ4v) is 8.78. The molecule has 9 aromatic rings. The van der Waals surface area contributed by atoms with Gasteiger partial charge in [0.15, 0.2) is 0 Å². The first kappa shape index (κ1) is 33.6. The van der Waals surface area contributed by atoms with Crippen LogP contribution in [0.5, 0.6) is 0 Å². The van der Waals surface area contributed by atoms with Gasteiger partial charge in [0.1, 0.15) is 0 Å². The van der Waals surface area contributed by atoms with Crippen molar-refractivity contribution in [2.24, 2.45) is 0 Å². The summed E-state index contributed by atoms with van der Waals surface area (Å²) in [5.74, 6) is 0. The molecule has 0 aliphatic heterocycles. The highest BCUT2D eigenvalue weighted by atomic mass is 15.1. The van der Waals surface area contributed by atoms with Crippen LogP contribution >= 0.6 is 0 Å². The van der Waals surface area contributed by atoms with E-state index in [4.69, 9.17) is 0 Å². The number of rotatable bonds is 7. The summed E-state index contributed by atoms with van der Waals surface area (Å²) in [6.07, 6.45) is 0. The number of hydrogen-bond acceptors (Lipinski definition) is 1. The van der Waals surface area contributed by atoms with Crippen LogP contribution in [0.25, 0.3) is 66.4 Å². The second-order valence-corrected chi connectivity index (χ2v) is 15.4. The van der Waals surface area contributed by atoms with Crippen LogP contribution in [-0.4, -0.2) is 0 Å². The average Bonchev–Trinajstić information content (AvgIpc) is 3.27. The third-order valence-electron chi connectivity index (χ3n) is 11.6. The van der Waals surface area contributed by atoms with Crippen molar-refractivity contribution in [2.45, 2.75) is 19.3 Å². The van der Waals surface area contributed by atoms with Gasteiger partial charge >= 0.3 is 0 Å². The highest BCUT2D eigenvalue weighted by molar-refractivity contribution is 6.10. The zero-order valence-corrected chi connectivity index (χ0v) is 31.7. The molecule has 0 unspecified atom stereocenters. The molecular formula is C55H41N. The van der Waals surface area contributed by atoms with Gasteiger partial charge in [0.25, 0.3) is 0 Å². The van der Waals surface area contributed by atoms with Gasteiger partial charge in [0.05, 0.1) is 5.69 Å². The Kier molecular flexibility index (Phi) is 8.23. The van der Waals surface area contributed by atoms with Gasteiger partial charge < -0.3 is 4.90 Å². The minimum absolute atomic E-state index is 0.231. The van der Waals surface area contributed by atoms with Gasteiger partial charge in [0, 0.05) is 22.4 Å². The Hall–Kier alpha value is -6.96. The molecule has 0 spiro atoms. The molecule has 1 aliphatic rings. The molecule has 1 heteroatoms. The summed E-state index contributed by atoms with van der Waals surface area (Å²) in [7, 11) is 0. The molecule has 0 radical (unpaired) electrons. The molecule has 266 valence electrons. The second kappa shape index (κ2) is 13.7. The SMILES string of the molecule is CC1(C)c2cc(-c3cc(-c4ccccc4)cc(-c4ccccc4)c3)ccc2-c2c(N(c3ccccc3)c3ccc(-c4ccccc4)cc3)ccc3cccc1c23. The Labute approximate surface area is 329 Å². The van der Waals surface area contributed by atoms with Crippen LogP contribution in [0.3, 0.4) is 0 Å². The molecule has 0 bridgehead atoms. The summed E-state index contributed by atoms with van der Waals surface area (Å²) in [5, 5.41) is 2.59. The molecule has 1 aliphatic carbocycles. The number of nitrogens with zero attached hydrogens (tertiary/aromatic N) is 1. The van der Waals surface area contributed by atoms with Gasteiger partial charge in [-0.25, -0.2) is 0 Å². The predicted octanol–water partition coefficient (Wildman–Crippen LogP) is 15.3. The van der Waals surface area contributed by atoms with E-state index in [9.17, 15) is 0 Å². The molecule has 10 rings (SSSR count). The molecule has 0 amide bonds. The summed E-state index contributed by atoms with van der Waals surface area (Å²) in [4.78, 5) is 2.44. The van der Waals surface area contributed by atoms with Crippen molar-refractivity contribution in [3.05, 3.63) is 223 Å². The lowest BCUT2D eigenvalue weighted by Crippen LogP contribution is -2.24. The van der Waals surface area contributed by atoms with Crippen molar-refractivity contribution in [3.63, 3.8) is 0 Å². The van der Waals surface area contributed by atoms with Crippen LogP contribution in [0.15, 0.2) is 212 Å². The van der Waals surface area contributed by atoms with Crippen LogP contribution in [0.1, 0.15) is 25.0 Å². The van der Waals surface area contributed by atoms with Crippen molar-refractivity contribution in [1.29, 1.82) is 0 Å². The van der Waals surface area contributed by atoms with Gasteiger partial charge in [-0.3, -0.25) is 0 Å². The Morgan fingerprint density at radius 2 is 0.821 bits per heavy atom. The first-order chi connectivity index (χ1) is 27.5. The van der Waals surface area contributed by atoms with Gasteiger partial charge in [-0.15, -0.1) is 0 Å². The molecule has 0 fully saturated rings. The number of anilines is 3. The van der Waals surface area contributed by atoms with E-state index in [1.54, 1.807) is 0 Å². The number of hydrogen-bond donors (Lipinski definition) is 0. The normalized spacial score (nSPS) is 12.6. The maximum absolute atomic E-state index is 2.47. The summed E-state index contributed by atoms with van der Waals surface area (Å²) < 4.78 is 0. The first-order valence-electron chi connectivity index (χ1n) is 19.5. The summed E-state index contributed by atoms with van der Waals surface area (Å²) in [6, 6.07) is 77.6. The van der Waals surface area contributed by atoms with Crippen LogP contribution in [0.2, 0.25) is 0 Å². The zero-order valence-electron chi connectivity index (χ0n) is 31.7. The molecule has 56 heavy (non-hydrogen) atoms. The van der Waals surface area contributed by atoms with E-state index in [0.717, 1.165) is 11.4 Å². The van der Waals surface area contributed by atoms with E-state index in [1.807, 2.05) is 0 Å². The van der Waals surface area contributed by atoms with Crippen molar-refractivity contribution >= 4 is 27.8 Å². The minimum atomic E-state index is -0.231. The zero-order chi connectivity index (χ0) is 37.6. The lowest BCUT2D eigenvalue weighted by atomic mass is 9.67. The van der Waals surface area contributed by atoms with E-state index in [2.05, 4.69) is 231 Å². The first-order valence-corrected chi connectivity index (χ1v) is 19.5. The highest BCUT2D eigenvalue weighted by Crippen LogP contribution is 2.54. The van der Waals surface area contributed by atoms with Gasteiger partial charge in [-0.1, -0.05) is 172 Å². The van der Waals surface area contributed by atoms with E-state index >= 15 is 0 Å². The van der Waals surface area contributed by atoms with Crippen molar-refractivity contribution < 1.29 is 0 Å². The van der Waals surface area contributed by atoms with E-state index in [-0.39, 0.29) is 5.41 Å². The quantitative estimate of drug-likeness (QED) is 0.159. The predicted molar refractivity (Wildman–Crippen MR) is 238 cm³/mol. The Morgan fingerprint density at radius 1 is 0.339 bits per heavy atom. The third kappa shape index (κ3) is 5.81. The minimum Gasteiger partial charge on any atom is -0.310 e. The maximum atomic E-state index is 2.47. The maximum Gasteiger partial charge on any atom is 0.0546 e. The molecule has 0 saturated heterocycles. The van der Waals surface area contributed by atoms with E-state index < -0.39 is 0 Å². The molecule has 1 nitrogen and oxygen atoms in total. The molecular weight excluding hydrogens is 675 g/mol. The van der Waals surface area contributed by atoms with E-state index in [1.165, 1.54) is 83.2 Å². The summed E-state index contributed by atoms with van der Waals surface area (Å²) in [6.45, 7) is 4.79. The molecule has 0 saturated carbocycles. The van der Waals surface area contributed by atoms with Crippen LogP contribution < -0.4 is 4.90 Å². The topological polar surface area (TPSA) is 3.24 Å². The lowest BCUT2D eigenvalue weighted by Gasteiger charge is -2.38. The standard InChI is InChI=1S/C55H41N/c1-55(2)50-25-15-22-42-29-33-52(56(47-23-13-6-14-24-47)48-30-26-41(27-31-48)38-16-7-3-8-17-38)54(53(42)50)49-32-28-43(37-51(49)55)46-35-44(39-18-9-4-10-19-39)34-45(36-46)40-20-11-5-12-21-40/h3-37H,1-2H3. The third-order valence-corrected chi connectivity index (χ3v) is 11.6. The van der Waals surface area contributed by atoms with E-state index in [0.29, 0.717) is 0 Å². The molecule has 0 atom stereocenters. The van der Waals surface area contributed by atoms with Crippen molar-refractivity contribution in [1.82, 2.24) is 0 Å². The number of fused-ring (bicyclic) bond motifs is 2. The fourth-order valence-electron chi connectivity index (χ4n) is 8.78. The summed E-state index contributed by atoms with van der Waals surface area (Å²) >= 11 is 0. The fraction of sp³-hybridized carbons (Fsp3) is 0.0545. The average molecular weight is 716 g/mol.